The second-order valence-corrected chi connectivity index (χ2v) is 6.33. The minimum Gasteiger partial charge on any atom is -0.493 e. The number of aromatic nitrogens is 2. The van der Waals surface area contributed by atoms with Crippen LogP contribution >= 0.6 is 11.3 Å². The Kier molecular flexibility index (Phi) is 7.34. The lowest BCUT2D eigenvalue weighted by molar-refractivity contribution is -0.115. The molecule has 2 amide bonds. The van der Waals surface area contributed by atoms with Crippen molar-refractivity contribution in [3.8, 4) is 5.75 Å². The molecule has 0 saturated carbocycles. The van der Waals surface area contributed by atoms with E-state index < -0.39 is 0 Å². The van der Waals surface area contributed by atoms with E-state index in [1.165, 1.54) is 11.3 Å². The summed E-state index contributed by atoms with van der Waals surface area (Å²) < 4.78 is 5.42. The van der Waals surface area contributed by atoms with E-state index in [0.29, 0.717) is 23.1 Å². The van der Waals surface area contributed by atoms with Crippen LogP contribution in [-0.2, 0) is 11.2 Å². The number of benzene rings is 1. The van der Waals surface area contributed by atoms with Crippen LogP contribution in [0.4, 0.5) is 5.13 Å². The summed E-state index contributed by atoms with van der Waals surface area (Å²) >= 11 is 1.35. The first-order valence-corrected chi connectivity index (χ1v) is 9.08. The molecule has 1 aromatic carbocycles. The van der Waals surface area contributed by atoms with Crippen LogP contribution in [0.25, 0.3) is 0 Å². The Balaban J connectivity index is 1.85. The Hall–Kier alpha value is -2.48. The molecular formula is C17H22N4O3S. The number of carbonyl (C=O) groups is 2. The molecule has 0 radical (unpaired) electrons. The molecule has 1 aromatic heterocycles. The number of amides is 2. The number of ether oxygens (including phenoxy) is 1. The number of nitrogens with zero attached hydrogens (tertiary/aromatic N) is 2. The van der Waals surface area contributed by atoms with Crippen molar-refractivity contribution < 1.29 is 14.3 Å². The van der Waals surface area contributed by atoms with Gasteiger partial charge in [0, 0.05) is 6.42 Å². The highest BCUT2D eigenvalue weighted by molar-refractivity contribution is 7.15. The highest BCUT2D eigenvalue weighted by atomic mass is 32.1. The maximum absolute atomic E-state index is 12.2. The Labute approximate surface area is 150 Å². The van der Waals surface area contributed by atoms with Gasteiger partial charge >= 0.3 is 0 Å². The Bertz CT molecular complexity index is 717. The summed E-state index contributed by atoms with van der Waals surface area (Å²) in [6.45, 7) is 4.26. The number of unbranched alkanes of at least 4 members (excludes halogenated alkanes) is 1. The van der Waals surface area contributed by atoms with Crippen LogP contribution in [0.3, 0.4) is 0 Å². The Morgan fingerprint density at radius 3 is 2.76 bits per heavy atom. The van der Waals surface area contributed by atoms with Crippen LogP contribution in [0.15, 0.2) is 24.3 Å². The number of para-hydroxylation sites is 1. The lowest BCUT2D eigenvalue weighted by Gasteiger charge is -2.10. The quantitative estimate of drug-likeness (QED) is 0.715. The minimum atomic E-state index is -0.361. The molecule has 0 fully saturated rings. The summed E-state index contributed by atoms with van der Waals surface area (Å²) in [5.74, 6) is -0.215. The predicted octanol–water partition coefficient (Wildman–Crippen LogP) is 2.65. The average molecular weight is 362 g/mol. The number of hydrogen-bond acceptors (Lipinski definition) is 6. The average Bonchev–Trinajstić information content (AvgIpc) is 3.06. The molecule has 0 atom stereocenters. The van der Waals surface area contributed by atoms with E-state index in [0.717, 1.165) is 24.3 Å². The molecule has 7 nitrogen and oxygen atoms in total. The van der Waals surface area contributed by atoms with Gasteiger partial charge in [-0.1, -0.05) is 36.8 Å². The van der Waals surface area contributed by atoms with E-state index in [4.69, 9.17) is 4.74 Å². The predicted molar refractivity (Wildman–Crippen MR) is 97.1 cm³/mol. The van der Waals surface area contributed by atoms with Crippen molar-refractivity contribution in [1.29, 1.82) is 0 Å². The number of hydrogen-bond donors (Lipinski definition) is 2. The molecule has 1 heterocycles. The SMILES string of the molecule is CCCCc1nnc(NC(=O)CNC(=O)c2ccccc2OCC)s1. The standard InChI is InChI=1S/C17H22N4O3S/c1-3-5-10-15-20-21-17(25-15)19-14(22)11-18-16(23)12-8-6-7-9-13(12)24-4-2/h6-9H,3-5,10-11H2,1-2H3,(H,18,23)(H,19,21,22). The maximum atomic E-state index is 12.2. The van der Waals surface area contributed by atoms with Gasteiger partial charge in [-0.25, -0.2) is 0 Å². The zero-order chi connectivity index (χ0) is 18.1. The second-order valence-electron chi connectivity index (χ2n) is 5.26. The molecule has 8 heteroatoms. The van der Waals surface area contributed by atoms with Gasteiger partial charge in [-0.05, 0) is 25.5 Å². The molecule has 0 aliphatic heterocycles. The van der Waals surface area contributed by atoms with E-state index >= 15 is 0 Å². The number of aryl methyl sites for hydroxylation is 1. The molecule has 0 saturated heterocycles. The summed E-state index contributed by atoms with van der Waals surface area (Å²) in [5.41, 5.74) is 0.398. The van der Waals surface area contributed by atoms with Gasteiger partial charge in [-0.3, -0.25) is 14.9 Å². The third-order valence-corrected chi connectivity index (χ3v) is 4.20. The molecule has 0 unspecified atom stereocenters. The van der Waals surface area contributed by atoms with E-state index in [1.807, 2.05) is 6.92 Å². The van der Waals surface area contributed by atoms with Gasteiger partial charge in [0.1, 0.15) is 10.8 Å². The Morgan fingerprint density at radius 1 is 1.20 bits per heavy atom. The summed E-state index contributed by atoms with van der Waals surface area (Å²) in [6, 6.07) is 6.91. The highest BCUT2D eigenvalue weighted by Crippen LogP contribution is 2.18. The number of anilines is 1. The largest absolute Gasteiger partial charge is 0.493 e. The summed E-state index contributed by atoms with van der Waals surface area (Å²) in [6.07, 6.45) is 2.98. The number of rotatable bonds is 9. The van der Waals surface area contributed by atoms with E-state index in [9.17, 15) is 9.59 Å². The molecule has 0 aliphatic rings. The van der Waals surface area contributed by atoms with Crippen molar-refractivity contribution in [3.05, 3.63) is 34.8 Å². The molecule has 2 aromatic rings. The molecule has 134 valence electrons. The van der Waals surface area contributed by atoms with Crippen LogP contribution in [0.1, 0.15) is 42.1 Å². The van der Waals surface area contributed by atoms with Gasteiger partial charge in [-0.2, -0.15) is 0 Å². The van der Waals surface area contributed by atoms with Crippen molar-refractivity contribution in [2.45, 2.75) is 33.1 Å². The third kappa shape index (κ3) is 5.82. The number of nitrogens with one attached hydrogen (secondary N) is 2. The van der Waals surface area contributed by atoms with E-state index in [2.05, 4.69) is 27.8 Å². The van der Waals surface area contributed by atoms with Crippen molar-refractivity contribution >= 4 is 28.3 Å². The van der Waals surface area contributed by atoms with Crippen molar-refractivity contribution in [2.24, 2.45) is 0 Å². The first-order valence-electron chi connectivity index (χ1n) is 8.26. The molecular weight excluding hydrogens is 340 g/mol. The molecule has 25 heavy (non-hydrogen) atoms. The minimum absolute atomic E-state index is 0.150. The zero-order valence-electron chi connectivity index (χ0n) is 14.4. The maximum Gasteiger partial charge on any atom is 0.255 e. The van der Waals surface area contributed by atoms with Gasteiger partial charge in [0.05, 0.1) is 18.7 Å². The van der Waals surface area contributed by atoms with Crippen LogP contribution in [0.2, 0.25) is 0 Å². The van der Waals surface area contributed by atoms with Crippen LogP contribution in [0, 0.1) is 0 Å². The topological polar surface area (TPSA) is 93.2 Å². The zero-order valence-corrected chi connectivity index (χ0v) is 15.2. The molecule has 0 spiro atoms. The van der Waals surface area contributed by atoms with Crippen LogP contribution < -0.4 is 15.4 Å². The van der Waals surface area contributed by atoms with Gasteiger partial charge in [0.2, 0.25) is 11.0 Å². The normalized spacial score (nSPS) is 10.3. The van der Waals surface area contributed by atoms with Crippen molar-refractivity contribution in [3.63, 3.8) is 0 Å². The van der Waals surface area contributed by atoms with E-state index in [1.54, 1.807) is 24.3 Å². The fourth-order valence-electron chi connectivity index (χ4n) is 2.09. The fourth-order valence-corrected chi connectivity index (χ4v) is 2.89. The van der Waals surface area contributed by atoms with Crippen molar-refractivity contribution in [1.82, 2.24) is 15.5 Å². The van der Waals surface area contributed by atoms with Crippen molar-refractivity contribution in [2.75, 3.05) is 18.5 Å². The highest BCUT2D eigenvalue weighted by Gasteiger charge is 2.14. The second kappa shape index (κ2) is 9.73. The van der Waals surface area contributed by atoms with Crippen LogP contribution in [-0.4, -0.2) is 35.2 Å². The summed E-state index contributed by atoms with van der Waals surface area (Å²) in [4.78, 5) is 24.2. The van der Waals surface area contributed by atoms with Crippen LogP contribution in [0.5, 0.6) is 5.75 Å². The van der Waals surface area contributed by atoms with E-state index in [-0.39, 0.29) is 18.4 Å². The lowest BCUT2D eigenvalue weighted by atomic mass is 10.2. The molecule has 2 rings (SSSR count). The molecule has 2 N–H and O–H groups in total. The van der Waals surface area contributed by atoms with Gasteiger partial charge in [0.15, 0.2) is 0 Å². The monoisotopic (exact) mass is 362 g/mol. The fraction of sp³-hybridized carbons (Fsp3) is 0.412. The van der Waals surface area contributed by atoms with Gasteiger partial charge in [0.25, 0.3) is 5.91 Å². The first kappa shape index (κ1) is 18.9. The molecule has 0 aliphatic carbocycles. The molecule has 0 bridgehead atoms. The van der Waals surface area contributed by atoms with Gasteiger partial charge in [-0.15, -0.1) is 10.2 Å². The summed E-state index contributed by atoms with van der Waals surface area (Å²) in [7, 11) is 0. The van der Waals surface area contributed by atoms with Gasteiger partial charge < -0.3 is 10.1 Å². The third-order valence-electron chi connectivity index (χ3n) is 3.30. The smallest absolute Gasteiger partial charge is 0.255 e. The number of carbonyl (C=O) groups excluding carboxylic acids is 2. The summed E-state index contributed by atoms with van der Waals surface area (Å²) in [5, 5.41) is 14.5. The Morgan fingerprint density at radius 2 is 2.00 bits per heavy atom. The lowest BCUT2D eigenvalue weighted by Crippen LogP contribution is -2.33. The first-order chi connectivity index (χ1) is 12.1.